The first kappa shape index (κ1) is 15.5. The van der Waals surface area contributed by atoms with E-state index in [2.05, 4.69) is 17.0 Å². The second kappa shape index (κ2) is 7.23. The average molecular weight is 300 g/mol. The third-order valence-corrected chi connectivity index (χ3v) is 5.09. The zero-order valence-corrected chi connectivity index (χ0v) is 13.2. The summed E-state index contributed by atoms with van der Waals surface area (Å²) in [5, 5.41) is 9.29. The fourth-order valence-electron chi connectivity index (χ4n) is 3.92. The van der Waals surface area contributed by atoms with Crippen LogP contribution in [-0.2, 0) is 16.0 Å². The maximum Gasteiger partial charge on any atom is 0.0995 e. The first-order chi connectivity index (χ1) is 10.8. The van der Waals surface area contributed by atoms with Gasteiger partial charge in [-0.15, -0.1) is 0 Å². The Balaban J connectivity index is 1.77. The second-order valence-electron chi connectivity index (χ2n) is 6.25. The summed E-state index contributed by atoms with van der Waals surface area (Å²) in [6, 6.07) is 10.6. The van der Waals surface area contributed by atoms with Gasteiger partial charge in [0.15, 0.2) is 0 Å². The van der Waals surface area contributed by atoms with Gasteiger partial charge in [0.2, 0.25) is 0 Å². The van der Waals surface area contributed by atoms with Gasteiger partial charge in [-0.05, 0) is 24.5 Å². The molecule has 0 radical (unpaired) electrons. The Labute approximate surface area is 132 Å². The highest BCUT2D eigenvalue weighted by Crippen LogP contribution is 2.34. The van der Waals surface area contributed by atoms with Gasteiger partial charge in [-0.2, -0.15) is 5.26 Å². The quantitative estimate of drug-likeness (QED) is 0.857. The first-order valence-corrected chi connectivity index (χ1v) is 8.16. The molecule has 2 aliphatic rings. The second-order valence-corrected chi connectivity index (χ2v) is 6.25. The topological polar surface area (TPSA) is 45.5 Å². The summed E-state index contributed by atoms with van der Waals surface area (Å²) in [6.45, 7) is 3.30. The molecule has 1 aromatic carbocycles. The van der Waals surface area contributed by atoms with Crippen LogP contribution in [0.1, 0.15) is 30.4 Å². The molecule has 0 bridgehead atoms. The van der Waals surface area contributed by atoms with Gasteiger partial charge in [0, 0.05) is 32.2 Å². The lowest BCUT2D eigenvalue weighted by Gasteiger charge is -2.40. The summed E-state index contributed by atoms with van der Waals surface area (Å²) in [4.78, 5) is 2.49. The lowest BCUT2D eigenvalue weighted by molar-refractivity contribution is -0.0608. The van der Waals surface area contributed by atoms with E-state index in [-0.39, 0.29) is 0 Å². The molecule has 0 aromatic heterocycles. The van der Waals surface area contributed by atoms with Crippen LogP contribution in [-0.4, -0.2) is 43.9 Å². The van der Waals surface area contributed by atoms with E-state index in [1.54, 1.807) is 0 Å². The van der Waals surface area contributed by atoms with Crippen LogP contribution in [0.3, 0.4) is 0 Å². The summed E-state index contributed by atoms with van der Waals surface area (Å²) in [6.07, 6.45) is 3.95. The van der Waals surface area contributed by atoms with E-state index < -0.39 is 0 Å². The van der Waals surface area contributed by atoms with Gasteiger partial charge >= 0.3 is 0 Å². The van der Waals surface area contributed by atoms with Gasteiger partial charge in [-0.3, -0.25) is 4.90 Å². The van der Waals surface area contributed by atoms with Gasteiger partial charge in [0.25, 0.3) is 0 Å². The van der Waals surface area contributed by atoms with Crippen molar-refractivity contribution in [2.45, 2.75) is 38.0 Å². The summed E-state index contributed by atoms with van der Waals surface area (Å²) >= 11 is 0. The van der Waals surface area contributed by atoms with Crippen molar-refractivity contribution >= 4 is 0 Å². The molecule has 1 heterocycles. The minimum atomic E-state index is 0.348. The molecule has 0 amide bonds. The summed E-state index contributed by atoms with van der Waals surface area (Å²) < 4.78 is 11.4. The number of morpholine rings is 1. The van der Waals surface area contributed by atoms with Gasteiger partial charge < -0.3 is 9.47 Å². The van der Waals surface area contributed by atoms with Crippen LogP contribution in [0.25, 0.3) is 0 Å². The van der Waals surface area contributed by atoms with Crippen LogP contribution in [0.2, 0.25) is 0 Å². The Morgan fingerprint density at radius 3 is 3.05 bits per heavy atom. The highest BCUT2D eigenvalue weighted by atomic mass is 16.5. The van der Waals surface area contributed by atoms with Crippen LogP contribution in [0.15, 0.2) is 24.3 Å². The predicted molar refractivity (Wildman–Crippen MR) is 84.3 cm³/mol. The van der Waals surface area contributed by atoms with E-state index in [1.807, 2.05) is 25.3 Å². The maximum absolute atomic E-state index is 9.29. The van der Waals surface area contributed by atoms with Gasteiger partial charge in [-0.1, -0.05) is 24.6 Å². The van der Waals surface area contributed by atoms with Crippen molar-refractivity contribution in [3.63, 3.8) is 0 Å². The predicted octanol–water partition coefficient (Wildman–Crippen LogP) is 2.57. The number of ether oxygens (including phenoxy) is 2. The van der Waals surface area contributed by atoms with E-state index in [9.17, 15) is 5.26 Å². The number of nitriles is 1. The van der Waals surface area contributed by atoms with Crippen molar-refractivity contribution < 1.29 is 9.47 Å². The fourth-order valence-corrected chi connectivity index (χ4v) is 3.92. The Kier molecular flexibility index (Phi) is 5.09. The molecule has 2 fully saturated rings. The van der Waals surface area contributed by atoms with Crippen LogP contribution < -0.4 is 0 Å². The van der Waals surface area contributed by atoms with Crippen molar-refractivity contribution in [2.75, 3.05) is 26.9 Å². The highest BCUT2D eigenvalue weighted by Gasteiger charge is 2.38. The zero-order valence-electron chi connectivity index (χ0n) is 13.2. The number of methoxy groups -OCH3 is 1. The van der Waals surface area contributed by atoms with Crippen molar-refractivity contribution in [1.29, 1.82) is 5.26 Å². The summed E-state index contributed by atoms with van der Waals surface area (Å²) in [5.74, 6) is 0.541. The van der Waals surface area contributed by atoms with E-state index in [0.717, 1.165) is 43.9 Å². The number of nitrogens with zero attached hydrogens (tertiary/aromatic N) is 2. The van der Waals surface area contributed by atoms with Crippen molar-refractivity contribution in [3.05, 3.63) is 35.4 Å². The molecule has 22 heavy (non-hydrogen) atoms. The third kappa shape index (κ3) is 3.17. The van der Waals surface area contributed by atoms with Gasteiger partial charge in [0.1, 0.15) is 0 Å². The molecule has 4 nitrogen and oxygen atoms in total. The maximum atomic E-state index is 9.29. The third-order valence-electron chi connectivity index (χ3n) is 5.09. The minimum absolute atomic E-state index is 0.348. The standard InChI is InChI=1S/C18H24N2O2/c1-21-18-8-4-7-16(18)17-13-22-10-9-20(17)12-15-6-3-2-5-14(15)11-19/h2-3,5-6,16-18H,4,7-10,12-13H2,1H3. The molecule has 1 aromatic rings. The van der Waals surface area contributed by atoms with Crippen LogP contribution in [0.4, 0.5) is 0 Å². The SMILES string of the molecule is COC1CCCC1C1COCCN1Cc1ccccc1C#N. The normalized spacial score (nSPS) is 29.4. The van der Waals surface area contributed by atoms with E-state index in [4.69, 9.17) is 9.47 Å². The summed E-state index contributed by atoms with van der Waals surface area (Å²) in [7, 11) is 1.82. The molecular weight excluding hydrogens is 276 g/mol. The monoisotopic (exact) mass is 300 g/mol. The van der Waals surface area contributed by atoms with Crippen molar-refractivity contribution in [3.8, 4) is 6.07 Å². The molecular formula is C18H24N2O2. The minimum Gasteiger partial charge on any atom is -0.381 e. The largest absolute Gasteiger partial charge is 0.381 e. The molecule has 4 heteroatoms. The van der Waals surface area contributed by atoms with Crippen LogP contribution in [0, 0.1) is 17.2 Å². The van der Waals surface area contributed by atoms with Crippen LogP contribution in [0.5, 0.6) is 0 Å². The van der Waals surface area contributed by atoms with Crippen molar-refractivity contribution in [1.82, 2.24) is 4.90 Å². The molecule has 3 atom stereocenters. The molecule has 1 aliphatic carbocycles. The lowest BCUT2D eigenvalue weighted by atomic mass is 9.93. The number of hydrogen-bond acceptors (Lipinski definition) is 4. The molecule has 0 N–H and O–H groups in total. The lowest BCUT2D eigenvalue weighted by Crippen LogP contribution is -2.50. The van der Waals surface area contributed by atoms with E-state index >= 15 is 0 Å². The molecule has 3 rings (SSSR count). The molecule has 3 unspecified atom stereocenters. The number of hydrogen-bond donors (Lipinski definition) is 0. The molecule has 118 valence electrons. The zero-order chi connectivity index (χ0) is 15.4. The van der Waals surface area contributed by atoms with E-state index in [0.29, 0.717) is 18.1 Å². The van der Waals surface area contributed by atoms with Crippen molar-refractivity contribution in [2.24, 2.45) is 5.92 Å². The molecule has 1 aliphatic heterocycles. The van der Waals surface area contributed by atoms with Crippen LogP contribution >= 0.6 is 0 Å². The summed E-state index contributed by atoms with van der Waals surface area (Å²) in [5.41, 5.74) is 1.89. The smallest absolute Gasteiger partial charge is 0.0995 e. The number of rotatable bonds is 4. The molecule has 1 saturated carbocycles. The molecule has 0 spiro atoms. The highest BCUT2D eigenvalue weighted by molar-refractivity contribution is 5.37. The Bertz CT molecular complexity index is 540. The van der Waals surface area contributed by atoms with Gasteiger partial charge in [0.05, 0.1) is 31.0 Å². The molecule has 1 saturated heterocycles. The first-order valence-electron chi connectivity index (χ1n) is 8.16. The Morgan fingerprint density at radius 1 is 1.36 bits per heavy atom. The average Bonchev–Trinajstić information content (AvgIpc) is 3.04. The van der Waals surface area contributed by atoms with Gasteiger partial charge in [-0.25, -0.2) is 0 Å². The Morgan fingerprint density at radius 2 is 2.23 bits per heavy atom. The number of benzene rings is 1. The van der Waals surface area contributed by atoms with E-state index in [1.165, 1.54) is 12.8 Å². The fraction of sp³-hybridized carbons (Fsp3) is 0.611. The Hall–Kier alpha value is -1.41.